The van der Waals surface area contributed by atoms with Crippen LogP contribution in [0.3, 0.4) is 0 Å². The Bertz CT molecular complexity index is 580. The third-order valence-electron chi connectivity index (χ3n) is 4.35. The lowest BCUT2D eigenvalue weighted by molar-refractivity contribution is -0.142. The number of ether oxygens (including phenoxy) is 1. The van der Waals surface area contributed by atoms with Crippen molar-refractivity contribution in [3.05, 3.63) is 23.8 Å². The molecule has 6 nitrogen and oxygen atoms in total. The quantitative estimate of drug-likeness (QED) is 0.789. The van der Waals surface area contributed by atoms with E-state index in [4.69, 9.17) is 9.84 Å². The molecule has 3 rings (SSSR count). The van der Waals surface area contributed by atoms with Crippen LogP contribution in [0.25, 0.3) is 0 Å². The van der Waals surface area contributed by atoms with Crippen LogP contribution in [0.4, 0.5) is 5.69 Å². The van der Waals surface area contributed by atoms with E-state index in [1.807, 2.05) is 18.2 Å². The van der Waals surface area contributed by atoms with E-state index in [-0.39, 0.29) is 18.4 Å². The standard InChI is InChI=1S/C16H20N2O4/c19-15-9-22-14-6-1-10(7-13(14)18-15)8-17-12-4-2-11(3-5-12)16(20)21/h1,6-7,11-12,17H,2-5,8-9H2,(H,18,19)(H,20,21). The van der Waals surface area contributed by atoms with Gasteiger partial charge in [0.05, 0.1) is 11.6 Å². The summed E-state index contributed by atoms with van der Waals surface area (Å²) in [5.41, 5.74) is 1.79. The van der Waals surface area contributed by atoms with Crippen molar-refractivity contribution in [2.45, 2.75) is 38.3 Å². The molecule has 0 atom stereocenters. The first-order chi connectivity index (χ1) is 10.6. The van der Waals surface area contributed by atoms with Crippen LogP contribution in [0.5, 0.6) is 5.75 Å². The number of carbonyl (C=O) groups is 2. The summed E-state index contributed by atoms with van der Waals surface area (Å²) < 4.78 is 5.33. The molecular weight excluding hydrogens is 284 g/mol. The fourth-order valence-corrected chi connectivity index (χ4v) is 3.05. The number of benzene rings is 1. The van der Waals surface area contributed by atoms with E-state index in [1.165, 1.54) is 0 Å². The van der Waals surface area contributed by atoms with E-state index in [0.717, 1.165) is 31.2 Å². The molecule has 1 amide bonds. The molecule has 0 unspecified atom stereocenters. The van der Waals surface area contributed by atoms with E-state index in [2.05, 4.69) is 10.6 Å². The first-order valence-electron chi connectivity index (χ1n) is 7.63. The lowest BCUT2D eigenvalue weighted by atomic mass is 9.86. The summed E-state index contributed by atoms with van der Waals surface area (Å²) in [7, 11) is 0. The van der Waals surface area contributed by atoms with Gasteiger partial charge < -0.3 is 20.5 Å². The molecule has 0 saturated heterocycles. The van der Waals surface area contributed by atoms with Crippen LogP contribution in [0.15, 0.2) is 18.2 Å². The van der Waals surface area contributed by atoms with Crippen molar-refractivity contribution < 1.29 is 19.4 Å². The minimum Gasteiger partial charge on any atom is -0.482 e. The first kappa shape index (κ1) is 14.8. The Hall–Kier alpha value is -2.08. The van der Waals surface area contributed by atoms with Crippen LogP contribution in [0.1, 0.15) is 31.2 Å². The summed E-state index contributed by atoms with van der Waals surface area (Å²) in [6, 6.07) is 6.12. The fourth-order valence-electron chi connectivity index (χ4n) is 3.05. The molecule has 6 heteroatoms. The molecular formula is C16H20N2O4. The number of aliphatic carboxylic acids is 1. The van der Waals surface area contributed by atoms with E-state index < -0.39 is 5.97 Å². The highest BCUT2D eigenvalue weighted by Crippen LogP contribution is 2.29. The molecule has 1 fully saturated rings. The number of amides is 1. The molecule has 0 spiro atoms. The van der Waals surface area contributed by atoms with Crippen LogP contribution in [0, 0.1) is 5.92 Å². The predicted octanol–water partition coefficient (Wildman–Crippen LogP) is 1.75. The highest BCUT2D eigenvalue weighted by atomic mass is 16.5. The summed E-state index contributed by atoms with van der Waals surface area (Å²) >= 11 is 0. The van der Waals surface area contributed by atoms with Gasteiger partial charge in [0.25, 0.3) is 5.91 Å². The number of carbonyl (C=O) groups excluding carboxylic acids is 1. The van der Waals surface area contributed by atoms with Crippen molar-refractivity contribution in [2.24, 2.45) is 5.92 Å². The topological polar surface area (TPSA) is 87.7 Å². The van der Waals surface area contributed by atoms with E-state index in [1.54, 1.807) is 0 Å². The van der Waals surface area contributed by atoms with Gasteiger partial charge >= 0.3 is 5.97 Å². The molecule has 1 heterocycles. The summed E-state index contributed by atoms with van der Waals surface area (Å²) in [5, 5.41) is 15.3. The molecule has 0 radical (unpaired) electrons. The fraction of sp³-hybridized carbons (Fsp3) is 0.500. The number of carboxylic acid groups (broad SMARTS) is 1. The van der Waals surface area contributed by atoms with Gasteiger partial charge in [-0.1, -0.05) is 6.07 Å². The van der Waals surface area contributed by atoms with Gasteiger partial charge in [0.2, 0.25) is 0 Å². The molecule has 3 N–H and O–H groups in total. The lowest BCUT2D eigenvalue weighted by Gasteiger charge is -2.27. The number of hydrogen-bond donors (Lipinski definition) is 3. The molecule has 1 aromatic carbocycles. The van der Waals surface area contributed by atoms with Crippen LogP contribution in [-0.2, 0) is 16.1 Å². The number of hydrogen-bond acceptors (Lipinski definition) is 4. The average molecular weight is 304 g/mol. The maximum atomic E-state index is 11.3. The highest BCUT2D eigenvalue weighted by Gasteiger charge is 2.25. The number of fused-ring (bicyclic) bond motifs is 1. The minimum atomic E-state index is -0.677. The average Bonchev–Trinajstić information content (AvgIpc) is 2.53. The van der Waals surface area contributed by atoms with Gasteiger partial charge in [0.1, 0.15) is 5.75 Å². The second-order valence-electron chi connectivity index (χ2n) is 5.94. The van der Waals surface area contributed by atoms with Crippen molar-refractivity contribution >= 4 is 17.6 Å². The molecule has 118 valence electrons. The van der Waals surface area contributed by atoms with Crippen LogP contribution in [-0.4, -0.2) is 29.6 Å². The maximum Gasteiger partial charge on any atom is 0.306 e. The van der Waals surface area contributed by atoms with Gasteiger partial charge in [-0.2, -0.15) is 0 Å². The van der Waals surface area contributed by atoms with E-state index in [9.17, 15) is 9.59 Å². The third kappa shape index (κ3) is 3.39. The number of nitrogens with one attached hydrogen (secondary N) is 2. The van der Waals surface area contributed by atoms with Gasteiger partial charge in [0, 0.05) is 12.6 Å². The zero-order chi connectivity index (χ0) is 15.5. The highest BCUT2D eigenvalue weighted by molar-refractivity contribution is 5.95. The lowest BCUT2D eigenvalue weighted by Crippen LogP contribution is -2.34. The predicted molar refractivity (Wildman–Crippen MR) is 80.8 cm³/mol. The van der Waals surface area contributed by atoms with Crippen molar-refractivity contribution in [1.29, 1.82) is 0 Å². The largest absolute Gasteiger partial charge is 0.482 e. The molecule has 1 aliphatic carbocycles. The Labute approximate surface area is 128 Å². The minimum absolute atomic E-state index is 0.0669. The number of carboxylic acids is 1. The molecule has 0 bridgehead atoms. The molecule has 1 saturated carbocycles. The summed E-state index contributed by atoms with van der Waals surface area (Å²) in [4.78, 5) is 22.3. The molecule has 2 aliphatic rings. The molecule has 1 aliphatic heterocycles. The van der Waals surface area contributed by atoms with Gasteiger partial charge in [-0.3, -0.25) is 9.59 Å². The zero-order valence-corrected chi connectivity index (χ0v) is 12.3. The van der Waals surface area contributed by atoms with E-state index in [0.29, 0.717) is 24.0 Å². The Morgan fingerprint density at radius 3 is 2.82 bits per heavy atom. The SMILES string of the molecule is O=C1COc2ccc(CNC3CCC(C(=O)O)CC3)cc2N1. The molecule has 1 aromatic rings. The first-order valence-corrected chi connectivity index (χ1v) is 7.63. The van der Waals surface area contributed by atoms with Crippen molar-refractivity contribution in [1.82, 2.24) is 5.32 Å². The van der Waals surface area contributed by atoms with E-state index >= 15 is 0 Å². The Kier molecular flexibility index (Phi) is 4.29. The van der Waals surface area contributed by atoms with Gasteiger partial charge in [-0.15, -0.1) is 0 Å². The van der Waals surface area contributed by atoms with Gasteiger partial charge in [-0.25, -0.2) is 0 Å². The maximum absolute atomic E-state index is 11.3. The second-order valence-corrected chi connectivity index (χ2v) is 5.94. The summed E-state index contributed by atoms with van der Waals surface area (Å²) in [6.07, 6.45) is 3.26. The zero-order valence-electron chi connectivity index (χ0n) is 12.3. The summed E-state index contributed by atoms with van der Waals surface area (Å²) in [6.45, 7) is 0.767. The third-order valence-corrected chi connectivity index (χ3v) is 4.35. The normalized spacial score (nSPS) is 24.1. The number of rotatable bonds is 4. The van der Waals surface area contributed by atoms with Crippen LogP contribution >= 0.6 is 0 Å². The second kappa shape index (κ2) is 6.36. The van der Waals surface area contributed by atoms with Crippen molar-refractivity contribution in [3.63, 3.8) is 0 Å². The molecule has 22 heavy (non-hydrogen) atoms. The van der Waals surface area contributed by atoms with Crippen LogP contribution < -0.4 is 15.4 Å². The number of anilines is 1. The smallest absolute Gasteiger partial charge is 0.306 e. The molecule has 0 aromatic heterocycles. The van der Waals surface area contributed by atoms with Gasteiger partial charge in [0.15, 0.2) is 6.61 Å². The Balaban J connectivity index is 1.53. The summed E-state index contributed by atoms with van der Waals surface area (Å²) in [5.74, 6) is -0.298. The monoisotopic (exact) mass is 304 g/mol. The Morgan fingerprint density at radius 1 is 1.32 bits per heavy atom. The Morgan fingerprint density at radius 2 is 2.09 bits per heavy atom. The van der Waals surface area contributed by atoms with Crippen molar-refractivity contribution in [3.8, 4) is 5.75 Å². The van der Waals surface area contributed by atoms with Crippen molar-refractivity contribution in [2.75, 3.05) is 11.9 Å². The van der Waals surface area contributed by atoms with Crippen LogP contribution in [0.2, 0.25) is 0 Å². The van der Waals surface area contributed by atoms with Gasteiger partial charge in [-0.05, 0) is 43.4 Å².